The van der Waals surface area contributed by atoms with Gasteiger partial charge in [0.25, 0.3) is 5.56 Å². The van der Waals surface area contributed by atoms with Crippen molar-refractivity contribution in [3.05, 3.63) is 58.8 Å². The number of benzene rings is 1. The van der Waals surface area contributed by atoms with Crippen LogP contribution in [0.1, 0.15) is 5.56 Å². The molecule has 2 aromatic rings. The number of rotatable bonds is 4. The molecule has 6 nitrogen and oxygen atoms in total. The van der Waals surface area contributed by atoms with Crippen molar-refractivity contribution in [2.75, 3.05) is 5.32 Å². The number of hydrogen-bond acceptors (Lipinski definition) is 4. The van der Waals surface area contributed by atoms with E-state index in [1.807, 2.05) is 0 Å². The minimum atomic E-state index is -0.358. The van der Waals surface area contributed by atoms with Gasteiger partial charge in [-0.15, -0.1) is 0 Å². The second kappa shape index (κ2) is 6.07. The molecular formula is C13H12N4O2S. The van der Waals surface area contributed by atoms with Gasteiger partial charge in [-0.2, -0.15) is 0 Å². The van der Waals surface area contributed by atoms with Crippen molar-refractivity contribution in [2.45, 2.75) is 6.54 Å². The number of nitrogens with one attached hydrogen (secondary N) is 1. The van der Waals surface area contributed by atoms with E-state index in [0.717, 1.165) is 0 Å². The Morgan fingerprint density at radius 2 is 2.10 bits per heavy atom. The number of nitrogens with two attached hydrogens (primary N) is 1. The highest BCUT2D eigenvalue weighted by Crippen LogP contribution is 2.14. The third-order valence-electron chi connectivity index (χ3n) is 2.57. The average Bonchev–Trinajstić information content (AvgIpc) is 2.41. The molecule has 0 atom stereocenters. The van der Waals surface area contributed by atoms with Crippen LogP contribution in [0.5, 0.6) is 0 Å². The monoisotopic (exact) mass is 288 g/mol. The molecule has 0 bridgehead atoms. The van der Waals surface area contributed by atoms with E-state index in [1.165, 1.54) is 23.2 Å². The van der Waals surface area contributed by atoms with Crippen LogP contribution in [0.2, 0.25) is 0 Å². The van der Waals surface area contributed by atoms with Crippen LogP contribution in [0.15, 0.2) is 47.7 Å². The van der Waals surface area contributed by atoms with Crippen molar-refractivity contribution in [3.63, 3.8) is 0 Å². The van der Waals surface area contributed by atoms with Gasteiger partial charge in [0.1, 0.15) is 11.5 Å². The Morgan fingerprint density at radius 1 is 1.35 bits per heavy atom. The van der Waals surface area contributed by atoms with Gasteiger partial charge in [-0.1, -0.05) is 24.4 Å². The summed E-state index contributed by atoms with van der Waals surface area (Å²) in [5.74, 6) is -0.358. The molecule has 0 unspecified atom stereocenters. The number of nitrogens with zero attached hydrogens (tertiary/aromatic N) is 2. The van der Waals surface area contributed by atoms with E-state index in [1.54, 1.807) is 24.3 Å². The third kappa shape index (κ3) is 3.27. The summed E-state index contributed by atoms with van der Waals surface area (Å²) in [6.45, 7) is -0.127. The minimum absolute atomic E-state index is 0.127. The minimum Gasteiger partial charge on any atom is -0.389 e. The quantitative estimate of drug-likeness (QED) is 0.800. The molecule has 1 aromatic carbocycles. The van der Waals surface area contributed by atoms with Crippen LogP contribution in [0.4, 0.5) is 5.69 Å². The maximum absolute atomic E-state index is 11.9. The number of thiocarbonyl (C=S) groups is 1. The second-order valence-electron chi connectivity index (χ2n) is 4.00. The smallest absolute Gasteiger partial charge is 0.253 e. The molecule has 0 radical (unpaired) electrons. The maximum Gasteiger partial charge on any atom is 0.253 e. The number of carbonyl (C=O) groups is 1. The van der Waals surface area contributed by atoms with E-state index in [-0.39, 0.29) is 23.0 Å². The summed E-state index contributed by atoms with van der Waals surface area (Å²) in [6, 6.07) is 8.23. The predicted molar refractivity (Wildman–Crippen MR) is 79.5 cm³/mol. The summed E-state index contributed by atoms with van der Waals surface area (Å²) in [4.78, 5) is 27.4. The molecular weight excluding hydrogens is 276 g/mol. The highest BCUT2D eigenvalue weighted by atomic mass is 32.1. The highest BCUT2D eigenvalue weighted by molar-refractivity contribution is 7.80. The van der Waals surface area contributed by atoms with Crippen LogP contribution >= 0.6 is 12.2 Å². The lowest BCUT2D eigenvalue weighted by Crippen LogP contribution is -2.27. The van der Waals surface area contributed by atoms with Gasteiger partial charge in [-0.05, 0) is 12.1 Å². The first kappa shape index (κ1) is 13.9. The molecule has 1 amide bonds. The van der Waals surface area contributed by atoms with Gasteiger partial charge in [0, 0.05) is 17.8 Å². The van der Waals surface area contributed by atoms with E-state index < -0.39 is 0 Å². The molecule has 0 spiro atoms. The molecule has 0 saturated heterocycles. The molecule has 0 aliphatic heterocycles. The Hall–Kier alpha value is -2.54. The summed E-state index contributed by atoms with van der Waals surface area (Å²) < 4.78 is 1.21. The lowest BCUT2D eigenvalue weighted by molar-refractivity contribution is -0.116. The first-order valence-electron chi connectivity index (χ1n) is 5.77. The van der Waals surface area contributed by atoms with Crippen LogP contribution in [-0.4, -0.2) is 20.4 Å². The number of para-hydroxylation sites is 1. The Balaban J connectivity index is 2.15. The molecule has 0 aliphatic carbocycles. The number of anilines is 1. The van der Waals surface area contributed by atoms with Crippen molar-refractivity contribution in [3.8, 4) is 0 Å². The first-order chi connectivity index (χ1) is 9.58. The Kier molecular flexibility index (Phi) is 4.21. The Bertz CT molecular complexity index is 711. The molecule has 1 heterocycles. The summed E-state index contributed by atoms with van der Waals surface area (Å²) in [7, 11) is 0. The average molecular weight is 288 g/mol. The van der Waals surface area contributed by atoms with Gasteiger partial charge in [0.2, 0.25) is 5.91 Å². The predicted octanol–water partition coefficient (Wildman–Crippen LogP) is 0.516. The van der Waals surface area contributed by atoms with Crippen LogP contribution in [0, 0.1) is 0 Å². The van der Waals surface area contributed by atoms with E-state index >= 15 is 0 Å². The number of aromatic nitrogens is 2. The summed E-state index contributed by atoms with van der Waals surface area (Å²) in [5, 5.41) is 2.67. The summed E-state index contributed by atoms with van der Waals surface area (Å²) >= 11 is 4.91. The van der Waals surface area contributed by atoms with E-state index in [2.05, 4.69) is 10.3 Å². The number of hydrogen-bond donors (Lipinski definition) is 2. The molecule has 2 rings (SSSR count). The molecule has 7 heteroatoms. The molecule has 0 saturated carbocycles. The first-order valence-corrected chi connectivity index (χ1v) is 6.18. The lowest BCUT2D eigenvalue weighted by Gasteiger charge is -2.10. The molecule has 102 valence electrons. The Labute approximate surface area is 120 Å². The SMILES string of the molecule is NC(=S)c1ccccc1NC(=O)Cn1cnccc1=O. The zero-order valence-corrected chi connectivity index (χ0v) is 11.3. The van der Waals surface area contributed by atoms with Crippen molar-refractivity contribution in [1.82, 2.24) is 9.55 Å². The van der Waals surface area contributed by atoms with Gasteiger partial charge in [0.15, 0.2) is 0 Å². The molecule has 1 aromatic heterocycles. The van der Waals surface area contributed by atoms with Gasteiger partial charge in [-0.25, -0.2) is 4.98 Å². The van der Waals surface area contributed by atoms with Crippen LogP contribution in [0.3, 0.4) is 0 Å². The molecule has 3 N–H and O–H groups in total. The topological polar surface area (TPSA) is 90.0 Å². The van der Waals surface area contributed by atoms with Gasteiger partial charge >= 0.3 is 0 Å². The zero-order valence-electron chi connectivity index (χ0n) is 10.4. The zero-order chi connectivity index (χ0) is 14.5. The van der Waals surface area contributed by atoms with Crippen molar-refractivity contribution in [2.24, 2.45) is 5.73 Å². The largest absolute Gasteiger partial charge is 0.389 e. The lowest BCUT2D eigenvalue weighted by atomic mass is 10.2. The fourth-order valence-electron chi connectivity index (χ4n) is 1.65. The van der Waals surface area contributed by atoms with Gasteiger partial charge in [0.05, 0.1) is 12.0 Å². The van der Waals surface area contributed by atoms with Crippen molar-refractivity contribution >= 4 is 28.8 Å². The van der Waals surface area contributed by atoms with Crippen LogP contribution in [-0.2, 0) is 11.3 Å². The maximum atomic E-state index is 11.9. The van der Waals surface area contributed by atoms with E-state index in [9.17, 15) is 9.59 Å². The normalized spacial score (nSPS) is 10.0. The van der Waals surface area contributed by atoms with Gasteiger partial charge in [-0.3, -0.25) is 14.2 Å². The number of amides is 1. The summed E-state index contributed by atoms with van der Waals surface area (Å²) in [6.07, 6.45) is 2.68. The van der Waals surface area contributed by atoms with E-state index in [4.69, 9.17) is 18.0 Å². The molecule has 0 aliphatic rings. The second-order valence-corrected chi connectivity index (χ2v) is 4.44. The fraction of sp³-hybridized carbons (Fsp3) is 0.0769. The Morgan fingerprint density at radius 3 is 2.80 bits per heavy atom. The molecule has 20 heavy (non-hydrogen) atoms. The summed E-state index contributed by atoms with van der Waals surface area (Å²) in [5.41, 5.74) is 6.38. The number of carbonyl (C=O) groups excluding carboxylic acids is 1. The highest BCUT2D eigenvalue weighted by Gasteiger charge is 2.09. The van der Waals surface area contributed by atoms with Crippen LogP contribution in [0.25, 0.3) is 0 Å². The fourth-order valence-corrected chi connectivity index (χ4v) is 1.83. The van der Waals surface area contributed by atoms with Gasteiger partial charge < -0.3 is 11.1 Å². The van der Waals surface area contributed by atoms with E-state index in [0.29, 0.717) is 11.3 Å². The molecule has 0 fully saturated rings. The van der Waals surface area contributed by atoms with Crippen molar-refractivity contribution < 1.29 is 4.79 Å². The van der Waals surface area contributed by atoms with Crippen LogP contribution < -0.4 is 16.6 Å². The third-order valence-corrected chi connectivity index (χ3v) is 2.79. The standard InChI is InChI=1S/C13H12N4O2S/c14-13(20)9-3-1-2-4-10(9)16-11(18)7-17-8-15-6-5-12(17)19/h1-6,8H,7H2,(H2,14,20)(H,16,18). The van der Waals surface area contributed by atoms with Crippen molar-refractivity contribution in [1.29, 1.82) is 0 Å².